The maximum Gasteiger partial charge on any atom is 0.178 e. The molecular formula is C31H35F2N5O3S. The van der Waals surface area contributed by atoms with Crippen molar-refractivity contribution in [1.82, 2.24) is 24.8 Å². The van der Waals surface area contributed by atoms with E-state index in [9.17, 15) is 17.6 Å². The minimum Gasteiger partial charge on any atom is -0.360 e. The topological polar surface area (TPSA) is 99.3 Å². The maximum atomic E-state index is 15.1. The van der Waals surface area contributed by atoms with Crippen molar-refractivity contribution >= 4 is 26.5 Å². The van der Waals surface area contributed by atoms with Gasteiger partial charge in [0.05, 0.1) is 12.2 Å². The third kappa shape index (κ3) is 5.99. The van der Waals surface area contributed by atoms with Gasteiger partial charge in [-0.15, -0.1) is 0 Å². The summed E-state index contributed by atoms with van der Waals surface area (Å²) in [7, 11) is -1.67. The van der Waals surface area contributed by atoms with E-state index in [1.54, 1.807) is 6.20 Å². The summed E-state index contributed by atoms with van der Waals surface area (Å²) in [5, 5.41) is 0.704. The number of nitrogens with zero attached hydrogens (tertiary/aromatic N) is 4. The lowest BCUT2D eigenvalue weighted by Gasteiger charge is -2.42. The lowest BCUT2D eigenvalue weighted by Crippen LogP contribution is -2.56. The third-order valence-electron chi connectivity index (χ3n) is 8.05. The average molecular weight is 596 g/mol. The van der Waals surface area contributed by atoms with Crippen molar-refractivity contribution in [1.29, 1.82) is 0 Å². The minimum absolute atomic E-state index is 0.0344. The number of carbonyl (C=O) groups is 1. The lowest BCUT2D eigenvalue weighted by molar-refractivity contribution is -0.125. The van der Waals surface area contributed by atoms with Crippen LogP contribution in [0.25, 0.3) is 22.2 Å². The van der Waals surface area contributed by atoms with Gasteiger partial charge < -0.3 is 9.88 Å². The van der Waals surface area contributed by atoms with Crippen molar-refractivity contribution in [3.63, 3.8) is 0 Å². The normalized spacial score (nSPS) is 17.5. The van der Waals surface area contributed by atoms with Gasteiger partial charge >= 0.3 is 0 Å². The second-order valence-corrected chi connectivity index (χ2v) is 13.1. The zero-order chi connectivity index (χ0) is 30.2. The van der Waals surface area contributed by atoms with E-state index < -0.39 is 26.4 Å². The van der Waals surface area contributed by atoms with Crippen LogP contribution in [0.15, 0.2) is 53.7 Å². The quantitative estimate of drug-likeness (QED) is 0.306. The van der Waals surface area contributed by atoms with E-state index in [0.717, 1.165) is 49.6 Å². The van der Waals surface area contributed by atoms with E-state index in [-0.39, 0.29) is 47.8 Å². The first kappa shape index (κ1) is 29.9. The van der Waals surface area contributed by atoms with Crippen LogP contribution in [0.4, 0.5) is 8.78 Å². The standard InChI is InChI=1S/C31H35F2N5O3S/c1-5-25(38-13-12-37(3)18-19(38)2)26(39)14-21-9-6-10-22-23(16-35-30(21)22)31-24(32)17-34-28(36-31)15-20-8-7-11-27(29(20)33)42(4,40)41/h6-11,16-17,19,25,35H,5,12-15,18H2,1-4H3/t19-,25+/m0/s1. The van der Waals surface area contributed by atoms with Crippen LogP contribution in [-0.4, -0.2) is 84.0 Å². The molecule has 0 spiro atoms. The Hall–Kier alpha value is -3.54. The first-order valence-electron chi connectivity index (χ1n) is 14.0. The number of nitrogens with one attached hydrogen (secondary N) is 1. The van der Waals surface area contributed by atoms with Gasteiger partial charge in [-0.1, -0.05) is 37.3 Å². The Morgan fingerprint density at radius 3 is 2.60 bits per heavy atom. The Labute approximate surface area is 244 Å². The molecule has 222 valence electrons. The number of rotatable bonds is 9. The summed E-state index contributed by atoms with van der Waals surface area (Å²) < 4.78 is 53.9. The van der Waals surface area contributed by atoms with Crippen LogP contribution in [0, 0.1) is 11.6 Å². The van der Waals surface area contributed by atoms with Crippen molar-refractivity contribution in [2.24, 2.45) is 0 Å². The number of hydrogen-bond donors (Lipinski definition) is 1. The Bertz CT molecular complexity index is 1740. The molecule has 1 aliphatic rings. The molecule has 0 radical (unpaired) electrons. The van der Waals surface area contributed by atoms with Gasteiger partial charge in [-0.2, -0.15) is 0 Å². The van der Waals surface area contributed by atoms with Crippen molar-refractivity contribution in [3.8, 4) is 11.3 Å². The molecule has 1 aliphatic heterocycles. The number of hydrogen-bond acceptors (Lipinski definition) is 7. The molecule has 1 fully saturated rings. The molecule has 2 atom stereocenters. The number of ketones is 1. The summed E-state index contributed by atoms with van der Waals surface area (Å²) >= 11 is 0. The highest BCUT2D eigenvalue weighted by molar-refractivity contribution is 7.90. The second-order valence-electron chi connectivity index (χ2n) is 11.1. The maximum absolute atomic E-state index is 15.1. The summed E-state index contributed by atoms with van der Waals surface area (Å²) in [4.78, 5) is 29.4. The van der Waals surface area contributed by atoms with Crippen LogP contribution in [0.5, 0.6) is 0 Å². The Kier molecular flexibility index (Phi) is 8.54. The van der Waals surface area contributed by atoms with Gasteiger partial charge in [-0.05, 0) is 37.6 Å². The number of Topliss-reactive ketones (excluding diaryl/α,β-unsaturated/α-hetero) is 1. The highest BCUT2D eigenvalue weighted by Crippen LogP contribution is 2.32. The smallest absolute Gasteiger partial charge is 0.178 e. The van der Waals surface area contributed by atoms with Gasteiger partial charge in [0.2, 0.25) is 0 Å². The van der Waals surface area contributed by atoms with Crippen molar-refractivity contribution in [3.05, 3.63) is 77.4 Å². The molecule has 1 N–H and O–H groups in total. The van der Waals surface area contributed by atoms with Gasteiger partial charge in [0, 0.05) is 67.4 Å². The third-order valence-corrected chi connectivity index (χ3v) is 9.16. The van der Waals surface area contributed by atoms with Crippen LogP contribution in [-0.2, 0) is 27.5 Å². The number of fused-ring (bicyclic) bond motifs is 1. The van der Waals surface area contributed by atoms with E-state index in [1.165, 1.54) is 18.2 Å². The highest BCUT2D eigenvalue weighted by Gasteiger charge is 2.31. The van der Waals surface area contributed by atoms with Crippen LogP contribution >= 0.6 is 0 Å². The molecular weight excluding hydrogens is 560 g/mol. The minimum atomic E-state index is -3.76. The molecule has 5 rings (SSSR count). The fraction of sp³-hybridized carbons (Fsp3) is 0.387. The van der Waals surface area contributed by atoms with Crippen LogP contribution in [0.2, 0.25) is 0 Å². The molecule has 0 saturated carbocycles. The number of sulfone groups is 1. The van der Waals surface area contributed by atoms with Crippen molar-refractivity contribution in [2.75, 3.05) is 32.9 Å². The van der Waals surface area contributed by atoms with Gasteiger partial charge in [-0.25, -0.2) is 27.2 Å². The second kappa shape index (κ2) is 12.0. The highest BCUT2D eigenvalue weighted by atomic mass is 32.2. The molecule has 0 aliphatic carbocycles. The van der Waals surface area contributed by atoms with Crippen molar-refractivity contribution < 1.29 is 22.0 Å². The van der Waals surface area contributed by atoms with E-state index in [1.807, 2.05) is 25.1 Å². The summed E-state index contributed by atoms with van der Waals surface area (Å²) in [5.41, 5.74) is 2.17. The Morgan fingerprint density at radius 1 is 1.14 bits per heavy atom. The summed E-state index contributed by atoms with van der Waals surface area (Å²) in [6.45, 7) is 6.88. The molecule has 8 nitrogen and oxygen atoms in total. The number of aromatic amines is 1. The molecule has 0 unspecified atom stereocenters. The number of carbonyl (C=O) groups excluding carboxylic acids is 1. The van der Waals surface area contributed by atoms with E-state index >= 15 is 4.39 Å². The van der Waals surface area contributed by atoms with E-state index in [2.05, 4.69) is 38.7 Å². The van der Waals surface area contributed by atoms with Gasteiger partial charge in [0.15, 0.2) is 21.4 Å². The Morgan fingerprint density at radius 2 is 1.88 bits per heavy atom. The number of piperazine rings is 1. The monoisotopic (exact) mass is 595 g/mol. The number of aromatic nitrogens is 3. The molecule has 4 aromatic rings. The number of likely N-dealkylation sites (N-methyl/N-ethyl adjacent to an activating group) is 1. The lowest BCUT2D eigenvalue weighted by atomic mass is 9.96. The van der Waals surface area contributed by atoms with Gasteiger partial charge in [0.1, 0.15) is 22.2 Å². The number of benzene rings is 2. The molecule has 42 heavy (non-hydrogen) atoms. The summed E-state index contributed by atoms with van der Waals surface area (Å²) in [5.74, 6) is -1.23. The molecule has 0 bridgehead atoms. The largest absolute Gasteiger partial charge is 0.360 e. The predicted molar refractivity (Wildman–Crippen MR) is 158 cm³/mol. The molecule has 2 aromatic heterocycles. The molecule has 2 aromatic carbocycles. The summed E-state index contributed by atoms with van der Waals surface area (Å²) in [6.07, 6.45) is 4.47. The molecule has 3 heterocycles. The SMILES string of the molecule is CC[C@H](C(=O)Cc1cccc2c(-c3nc(Cc4cccc(S(C)(=O)=O)c4F)ncc3F)c[nH]c12)N1CCN(C)C[C@@H]1C. The van der Waals surface area contributed by atoms with Crippen LogP contribution in [0.1, 0.15) is 37.2 Å². The summed E-state index contributed by atoms with van der Waals surface area (Å²) in [6, 6.07) is 9.80. The first-order chi connectivity index (χ1) is 20.0. The van der Waals surface area contributed by atoms with Crippen LogP contribution in [0.3, 0.4) is 0 Å². The fourth-order valence-electron chi connectivity index (χ4n) is 5.96. The van der Waals surface area contributed by atoms with Crippen molar-refractivity contribution in [2.45, 2.75) is 50.1 Å². The average Bonchev–Trinajstić information content (AvgIpc) is 3.37. The van der Waals surface area contributed by atoms with Gasteiger partial charge in [-0.3, -0.25) is 9.69 Å². The fourth-order valence-corrected chi connectivity index (χ4v) is 6.74. The molecule has 11 heteroatoms. The molecule has 0 amide bonds. The zero-order valence-corrected chi connectivity index (χ0v) is 25.0. The Balaban J connectivity index is 1.43. The number of H-pyrrole nitrogens is 1. The molecule has 1 saturated heterocycles. The number of para-hydroxylation sites is 1. The van der Waals surface area contributed by atoms with E-state index in [4.69, 9.17) is 0 Å². The van der Waals surface area contributed by atoms with Gasteiger partial charge in [0.25, 0.3) is 0 Å². The van der Waals surface area contributed by atoms with E-state index in [0.29, 0.717) is 10.9 Å². The number of halogens is 2. The predicted octanol–water partition coefficient (Wildman–Crippen LogP) is 4.42. The zero-order valence-electron chi connectivity index (χ0n) is 24.2. The first-order valence-corrected chi connectivity index (χ1v) is 15.9. The van der Waals surface area contributed by atoms with Crippen LogP contribution < -0.4 is 0 Å².